The molecule has 28 aliphatic carbocycles. The summed E-state index contributed by atoms with van der Waals surface area (Å²) in [6.07, 6.45) is 33.0. The molecule has 0 heterocycles. The van der Waals surface area contributed by atoms with Gasteiger partial charge in [-0.3, -0.25) is 0 Å². The Balaban J connectivity index is 0.0000000991. The number of nitrogens with zero attached hydrogens (tertiary/aromatic N) is 9. The Morgan fingerprint density at radius 1 is 0.437 bits per heavy atom. The van der Waals surface area contributed by atoms with Gasteiger partial charge in [0.1, 0.15) is 8.24 Å². The minimum absolute atomic E-state index is 0.0417. The summed E-state index contributed by atoms with van der Waals surface area (Å²) in [5, 5.41) is 15.6. The summed E-state index contributed by atoms with van der Waals surface area (Å²) in [5.74, 6) is 21.7. The van der Waals surface area contributed by atoms with E-state index < -0.39 is 22.1 Å². The summed E-state index contributed by atoms with van der Waals surface area (Å²) in [6, 6.07) is 0. The molecule has 28 rings (SSSR count). The van der Waals surface area contributed by atoms with Gasteiger partial charge in [0.2, 0.25) is 0 Å². The molecule has 28 aliphatic rings. The minimum atomic E-state index is -3.29. The molecule has 28 saturated carbocycles. The van der Waals surface area contributed by atoms with E-state index in [1.165, 1.54) is 113 Å². The van der Waals surface area contributed by atoms with E-state index in [4.69, 9.17) is 68.9 Å². The molecule has 0 aromatic carbocycles. The zero-order valence-electron chi connectivity index (χ0n) is 53.0. The molecular weight excluding hydrogens is 1570 g/mol. The molecule has 5 N–H and O–H groups in total. The molecule has 0 saturated heterocycles. The molecule has 0 aromatic heterocycles. The van der Waals surface area contributed by atoms with Gasteiger partial charge in [-0.15, -0.1) is 4.78 Å². The van der Waals surface area contributed by atoms with E-state index in [1.54, 1.807) is 38.5 Å². The van der Waals surface area contributed by atoms with Crippen LogP contribution in [-0.2, 0) is 0 Å². The van der Waals surface area contributed by atoms with Crippen LogP contribution in [0.5, 0.6) is 0 Å². The van der Waals surface area contributed by atoms with Crippen molar-refractivity contribution in [2.24, 2.45) is 178 Å². The van der Waals surface area contributed by atoms with Gasteiger partial charge in [-0.2, -0.15) is 0 Å². The predicted molar refractivity (Wildman–Crippen MR) is 376 cm³/mol. The summed E-state index contributed by atoms with van der Waals surface area (Å²) in [4.78, 5) is 9.07. The Labute approximate surface area is 577 Å². The second-order valence-electron chi connectivity index (χ2n) is 36.3. The van der Waals surface area contributed by atoms with Crippen molar-refractivity contribution < 1.29 is 5.11 Å². The molecule has 0 aliphatic heterocycles. The molecule has 23 heteroatoms. The topological polar surface area (TPSA) is 219 Å². The summed E-state index contributed by atoms with van der Waals surface area (Å²) in [5.41, 5.74) is 41.9. The average molecular weight is 1670 g/mol. The van der Waals surface area contributed by atoms with Crippen LogP contribution in [-0.4, -0.2) is 76.7 Å². The summed E-state index contributed by atoms with van der Waals surface area (Å²) in [7, 11) is 19.7. The van der Waals surface area contributed by atoms with E-state index in [-0.39, 0.29) is 33.7 Å². The van der Waals surface area contributed by atoms with E-state index in [0.717, 1.165) is 116 Å². The van der Waals surface area contributed by atoms with E-state index in [0.29, 0.717) is 54.5 Å². The third-order valence-corrected chi connectivity index (χ3v) is 33.8. The van der Waals surface area contributed by atoms with Crippen LogP contribution < -0.4 is 11.5 Å². The first-order valence-electron chi connectivity index (χ1n) is 34.1. The molecule has 0 amide bonds. The molecule has 0 spiro atoms. The maximum absolute atomic E-state index is 9.00. The van der Waals surface area contributed by atoms with Crippen molar-refractivity contribution in [1.29, 1.82) is 0 Å². The first-order valence-corrected chi connectivity index (χ1v) is 61.4. The second-order valence-corrected chi connectivity index (χ2v) is 77.7. The van der Waals surface area contributed by atoms with Crippen molar-refractivity contribution in [2.45, 2.75) is 232 Å². The Hall–Kier alpha value is 2.44. The predicted octanol–water partition coefficient (Wildman–Crippen LogP) is 20.1. The number of alkyl halides is 2. The van der Waals surface area contributed by atoms with Crippen LogP contribution >= 0.6 is 95.6 Å². The fraction of sp³-hybridized carbons (Fsp3) is 1.00. The van der Waals surface area contributed by atoms with Crippen molar-refractivity contribution in [3.05, 3.63) is 31.3 Å². The summed E-state index contributed by atoms with van der Waals surface area (Å²) < 4.78 is 4.68. The van der Waals surface area contributed by atoms with Gasteiger partial charge in [0.25, 0.3) is 0 Å². The van der Waals surface area contributed by atoms with Crippen molar-refractivity contribution in [3.8, 4) is 0 Å². The molecule has 16 atom stereocenters. The van der Waals surface area contributed by atoms with Crippen molar-refractivity contribution in [2.75, 3.05) is 7.11 Å². The molecule has 16 unspecified atom stereocenters. The van der Waals surface area contributed by atoms with Gasteiger partial charge in [0, 0.05) is 47.7 Å². The van der Waals surface area contributed by atoms with E-state index in [9.17, 15) is 0 Å². The molecule has 87 heavy (non-hydrogen) atoms. The molecule has 28 fully saturated rings. The molecule has 0 radical (unpaired) electrons. The van der Waals surface area contributed by atoms with Gasteiger partial charge < -0.3 is 16.6 Å². The SMILES string of the molecule is CC12CC3(Br)CC4C5CC(Br)(CC41)CC2C5C3.CC12CC3(N)CC4C5CC(N)(CC41)CC2C5C3.CC12CC3(N=[N+]=[N-])CC4C5CC(N=[N+]=[N-])(CC41)CC2C5C3.CC12CC3CC4C5CC(CC41)CC2C5C3.CO.C[Si](C)(C)N=[N+]=[N-].[Br][AlH][Br].[Cl][Sn]([Cl])([Cl])[Cl]. The number of hydrogen-bond acceptors (Lipinski definition) is 6. The number of aliphatic hydroxyl groups is 1. The monoisotopic (exact) mass is 1670 g/mol. The number of azide groups is 3. The normalized spacial score (nSPS) is 58.3. The number of hydrogen-bond donors (Lipinski definition) is 3. The Morgan fingerprint density at radius 3 is 1.30 bits per heavy atom. The van der Waals surface area contributed by atoms with Crippen LogP contribution in [0.25, 0.3) is 31.3 Å². The fourth-order valence-electron chi connectivity index (χ4n) is 30.3. The molecule has 12 nitrogen and oxygen atoms in total. The second kappa shape index (κ2) is 23.0. The zero-order valence-corrected chi connectivity index (χ0v) is 67.7. The van der Waals surface area contributed by atoms with E-state index in [1.807, 2.05) is 19.6 Å². The zero-order chi connectivity index (χ0) is 62.6. The van der Waals surface area contributed by atoms with Gasteiger partial charge in [-0.05, 0) is 327 Å². The Morgan fingerprint density at radius 2 is 0.816 bits per heavy atom. The third kappa shape index (κ3) is 11.1. The molecule has 32 bridgehead atoms. The molecule has 0 aromatic rings. The molecule has 484 valence electrons. The van der Waals surface area contributed by atoms with Crippen LogP contribution in [0.2, 0.25) is 19.6 Å². The van der Waals surface area contributed by atoms with E-state index in [2.05, 4.69) is 117 Å². The first kappa shape index (κ1) is 68.0. The summed E-state index contributed by atoms with van der Waals surface area (Å²) >= 11 is 11.4. The van der Waals surface area contributed by atoms with Crippen LogP contribution in [0.3, 0.4) is 0 Å². The number of rotatable bonds is 3. The van der Waals surface area contributed by atoms with Crippen LogP contribution in [0.15, 0.2) is 15.0 Å². The third-order valence-electron chi connectivity index (χ3n) is 31.2. The van der Waals surface area contributed by atoms with Gasteiger partial charge >= 0.3 is 61.1 Å². The fourth-order valence-corrected chi connectivity index (χ4v) is 33.0. The Kier molecular flexibility index (Phi) is 18.0. The van der Waals surface area contributed by atoms with Crippen molar-refractivity contribution in [3.63, 3.8) is 0 Å². The van der Waals surface area contributed by atoms with Crippen molar-refractivity contribution >= 4 is 129 Å². The van der Waals surface area contributed by atoms with Crippen molar-refractivity contribution in [1.82, 2.24) is 0 Å². The number of aliphatic hydroxyl groups excluding tert-OH is 1. The first-order chi connectivity index (χ1) is 40.6. The quantitative estimate of drug-likeness (QED) is 0.0827. The van der Waals surface area contributed by atoms with Gasteiger partial charge in [-0.25, -0.2) is 28.1 Å². The molecular formula is C64H100AlBr4Cl4N11OSiSn. The van der Waals surface area contributed by atoms with E-state index >= 15 is 0 Å². The average Bonchev–Trinajstić information content (AvgIpc) is 0.691. The number of nitrogens with two attached hydrogens (primary N) is 2. The standard InChI is InChI=1S/C15H20Br2.C15H20N6.C15H24N2.C15H22.C3H9N3Si.CH4O.Al.2BrH.4ClH.Sn.H/c1-13-7-15(17)3-9-8-2-14(16,5-11(9)13)6-12(13)10(8)4-15;1-13-7-15(19-21-17)3-9-8-2-14(18-20-16,5-11(9)13)6-12(13)10(8)4-15;1-13-7-15(17)3-9-8-2-14(16,5-11(9)13)6-12(13)10(8)4-15;1-15-7-9-3-11-10-2-8(5-13(11)15)6-14(15)12(10)4-9;1-7(2,3)6-5-4;1-2;;;;;;;;;/h8-12H,2-7H2,1H3;8-12H,2-7H2,1H3;8-12H,2-7,16-17H2,1H3;8-14H,2-7H2,1H3;1-3H3;2H,1H3;;6*1H;;/q;;;;;;+2;;;;;;;+4;/p-6. The van der Waals surface area contributed by atoms with Crippen LogP contribution in [0, 0.1) is 152 Å². The Bertz CT molecular complexity index is 2700. The van der Waals surface area contributed by atoms with Crippen LogP contribution in [0.1, 0.15) is 182 Å². The van der Waals surface area contributed by atoms with Gasteiger partial charge in [-0.1, -0.05) is 89.4 Å². The van der Waals surface area contributed by atoms with Crippen LogP contribution in [0.4, 0.5) is 0 Å². The summed E-state index contributed by atoms with van der Waals surface area (Å²) in [6.45, 7) is 16.3. The maximum atomic E-state index is 9.00. The van der Waals surface area contributed by atoms with Gasteiger partial charge in [0.05, 0.1) is 0 Å². The van der Waals surface area contributed by atoms with Gasteiger partial charge in [0.15, 0.2) is 0 Å². The number of halogens is 8.